The number of esters is 1. The lowest BCUT2D eigenvalue weighted by atomic mass is 10.2. The van der Waals surface area contributed by atoms with Crippen molar-refractivity contribution in [2.45, 2.75) is 57.6 Å². The lowest BCUT2D eigenvalue weighted by molar-refractivity contribution is -0.154. The summed E-state index contributed by atoms with van der Waals surface area (Å²) in [7, 11) is 0. The van der Waals surface area contributed by atoms with Crippen LogP contribution in [0.15, 0.2) is 21.3 Å². The Kier molecular flexibility index (Phi) is 6.75. The summed E-state index contributed by atoms with van der Waals surface area (Å²) < 4.78 is 10.2. The smallest absolute Gasteiger partial charge is 0.321 e. The minimum Gasteiger partial charge on any atom is -0.453 e. The molecule has 2 N–H and O–H groups in total. The van der Waals surface area contributed by atoms with Gasteiger partial charge in [-0.2, -0.15) is 16.3 Å². The summed E-state index contributed by atoms with van der Waals surface area (Å²) in [6, 6.07) is 1.40. The number of urea groups is 1. The van der Waals surface area contributed by atoms with E-state index in [0.717, 1.165) is 31.2 Å². The zero-order valence-corrected chi connectivity index (χ0v) is 16.3. The van der Waals surface area contributed by atoms with Crippen molar-refractivity contribution in [2.75, 3.05) is 0 Å². The minimum absolute atomic E-state index is 0.0167. The SMILES string of the molecule is C[C@H](OC(=O)CCc1nc(-c2ccsc2)no1)C(=O)NC(=O)NC1CCCC1. The van der Waals surface area contributed by atoms with Gasteiger partial charge in [0.2, 0.25) is 11.7 Å². The van der Waals surface area contributed by atoms with Crippen LogP contribution in [0, 0.1) is 0 Å². The molecule has 3 amide bonds. The Labute approximate surface area is 165 Å². The van der Waals surface area contributed by atoms with E-state index in [-0.39, 0.29) is 18.9 Å². The largest absolute Gasteiger partial charge is 0.453 e. The molecule has 2 heterocycles. The molecule has 150 valence electrons. The monoisotopic (exact) mass is 406 g/mol. The lowest BCUT2D eigenvalue weighted by Crippen LogP contribution is -2.47. The maximum atomic E-state index is 12.0. The Balaban J connectivity index is 1.38. The Morgan fingerprint density at radius 2 is 2.14 bits per heavy atom. The van der Waals surface area contributed by atoms with Gasteiger partial charge < -0.3 is 14.6 Å². The molecule has 1 saturated carbocycles. The molecule has 0 radical (unpaired) electrons. The number of thiophene rings is 1. The van der Waals surface area contributed by atoms with E-state index in [9.17, 15) is 14.4 Å². The Morgan fingerprint density at radius 1 is 1.36 bits per heavy atom. The fourth-order valence-corrected chi connectivity index (χ4v) is 3.52. The molecule has 28 heavy (non-hydrogen) atoms. The van der Waals surface area contributed by atoms with Crippen molar-refractivity contribution >= 4 is 29.2 Å². The zero-order chi connectivity index (χ0) is 19.9. The molecule has 3 rings (SSSR count). The van der Waals surface area contributed by atoms with Crippen LogP contribution in [0.4, 0.5) is 4.79 Å². The van der Waals surface area contributed by atoms with Crippen LogP contribution in [0.3, 0.4) is 0 Å². The molecule has 1 aliphatic carbocycles. The number of hydrogen-bond donors (Lipinski definition) is 2. The molecule has 0 aromatic carbocycles. The Bertz CT molecular complexity index is 814. The van der Waals surface area contributed by atoms with Gasteiger partial charge >= 0.3 is 12.0 Å². The number of carbonyl (C=O) groups excluding carboxylic acids is 3. The van der Waals surface area contributed by atoms with Gasteiger partial charge in [-0.25, -0.2) is 4.79 Å². The zero-order valence-electron chi connectivity index (χ0n) is 15.5. The van der Waals surface area contributed by atoms with E-state index in [1.807, 2.05) is 16.8 Å². The second kappa shape index (κ2) is 9.45. The van der Waals surface area contributed by atoms with Crippen molar-refractivity contribution in [3.05, 3.63) is 22.7 Å². The second-order valence-electron chi connectivity index (χ2n) is 6.60. The number of imide groups is 1. The van der Waals surface area contributed by atoms with Crippen LogP contribution >= 0.6 is 11.3 Å². The van der Waals surface area contributed by atoms with Crippen LogP contribution in [-0.2, 0) is 20.7 Å². The summed E-state index contributed by atoms with van der Waals surface area (Å²) in [4.78, 5) is 39.9. The van der Waals surface area contributed by atoms with Crippen LogP contribution in [-0.4, -0.2) is 40.2 Å². The first kappa shape index (κ1) is 20.0. The molecule has 1 atom stereocenters. The topological polar surface area (TPSA) is 123 Å². The average Bonchev–Trinajstić information content (AvgIpc) is 3.41. The molecule has 1 fully saturated rings. The summed E-state index contributed by atoms with van der Waals surface area (Å²) in [5, 5.41) is 12.6. The van der Waals surface area contributed by atoms with Crippen molar-refractivity contribution in [3.63, 3.8) is 0 Å². The molecule has 0 bridgehead atoms. The first-order valence-corrected chi connectivity index (χ1v) is 10.1. The summed E-state index contributed by atoms with van der Waals surface area (Å²) in [6.45, 7) is 1.41. The number of nitrogens with zero attached hydrogens (tertiary/aromatic N) is 2. The third-order valence-corrected chi connectivity index (χ3v) is 5.08. The average molecular weight is 406 g/mol. The molecule has 0 saturated heterocycles. The number of rotatable bonds is 7. The van der Waals surface area contributed by atoms with Crippen molar-refractivity contribution in [3.8, 4) is 11.4 Å². The Morgan fingerprint density at radius 3 is 2.86 bits per heavy atom. The number of carbonyl (C=O) groups is 3. The summed E-state index contributed by atoms with van der Waals surface area (Å²) in [6.07, 6.45) is 3.07. The van der Waals surface area contributed by atoms with Crippen LogP contribution < -0.4 is 10.6 Å². The highest BCUT2D eigenvalue weighted by Crippen LogP contribution is 2.19. The second-order valence-corrected chi connectivity index (χ2v) is 7.38. The van der Waals surface area contributed by atoms with Crippen LogP contribution in [0.2, 0.25) is 0 Å². The predicted octanol–water partition coefficient (Wildman–Crippen LogP) is 2.43. The number of nitrogens with one attached hydrogen (secondary N) is 2. The number of amides is 3. The van der Waals surface area contributed by atoms with Crippen molar-refractivity contribution in [1.29, 1.82) is 0 Å². The highest BCUT2D eigenvalue weighted by atomic mass is 32.1. The molecule has 0 aliphatic heterocycles. The highest BCUT2D eigenvalue weighted by molar-refractivity contribution is 7.08. The van der Waals surface area contributed by atoms with E-state index in [2.05, 4.69) is 20.8 Å². The van der Waals surface area contributed by atoms with Crippen LogP contribution in [0.25, 0.3) is 11.4 Å². The van der Waals surface area contributed by atoms with E-state index in [1.165, 1.54) is 18.3 Å². The number of aryl methyl sites for hydroxylation is 1. The van der Waals surface area contributed by atoms with Gasteiger partial charge in [-0.15, -0.1) is 0 Å². The van der Waals surface area contributed by atoms with Gasteiger partial charge in [0.1, 0.15) is 0 Å². The number of ether oxygens (including phenoxy) is 1. The molecule has 1 aliphatic rings. The fraction of sp³-hybridized carbons (Fsp3) is 0.500. The summed E-state index contributed by atoms with van der Waals surface area (Å²) in [5.41, 5.74) is 0.851. The van der Waals surface area contributed by atoms with Crippen molar-refractivity contribution in [2.24, 2.45) is 0 Å². The molecule has 10 heteroatoms. The minimum atomic E-state index is -1.08. The van der Waals surface area contributed by atoms with Gasteiger partial charge in [-0.1, -0.05) is 18.0 Å². The van der Waals surface area contributed by atoms with Gasteiger partial charge in [0.25, 0.3) is 5.91 Å². The third-order valence-electron chi connectivity index (χ3n) is 4.40. The molecule has 0 spiro atoms. The van der Waals surface area contributed by atoms with Gasteiger partial charge in [0.15, 0.2) is 6.10 Å². The molecule has 9 nitrogen and oxygen atoms in total. The number of aromatic nitrogens is 2. The molecular weight excluding hydrogens is 384 g/mol. The van der Waals surface area contributed by atoms with E-state index in [1.54, 1.807) is 0 Å². The molecule has 2 aromatic rings. The van der Waals surface area contributed by atoms with E-state index >= 15 is 0 Å². The van der Waals surface area contributed by atoms with Gasteiger partial charge in [0.05, 0.1) is 6.42 Å². The fourth-order valence-electron chi connectivity index (χ4n) is 2.89. The van der Waals surface area contributed by atoms with Crippen LogP contribution in [0.5, 0.6) is 0 Å². The lowest BCUT2D eigenvalue weighted by Gasteiger charge is -2.15. The predicted molar refractivity (Wildman–Crippen MR) is 100 cm³/mol. The van der Waals surface area contributed by atoms with Gasteiger partial charge in [-0.05, 0) is 31.2 Å². The Hall–Kier alpha value is -2.75. The van der Waals surface area contributed by atoms with Gasteiger partial charge in [-0.3, -0.25) is 14.9 Å². The maximum absolute atomic E-state index is 12.0. The quantitative estimate of drug-likeness (QED) is 0.677. The third kappa shape index (κ3) is 5.62. The van der Waals surface area contributed by atoms with E-state index < -0.39 is 24.0 Å². The molecular formula is C18H22N4O5S. The van der Waals surface area contributed by atoms with Crippen molar-refractivity contribution < 1.29 is 23.6 Å². The van der Waals surface area contributed by atoms with Gasteiger partial charge in [0, 0.05) is 23.4 Å². The van der Waals surface area contributed by atoms with Crippen LogP contribution in [0.1, 0.15) is 44.9 Å². The highest BCUT2D eigenvalue weighted by Gasteiger charge is 2.23. The maximum Gasteiger partial charge on any atom is 0.321 e. The number of hydrogen-bond acceptors (Lipinski definition) is 8. The normalized spacial score (nSPS) is 15.2. The molecule has 0 unspecified atom stereocenters. The summed E-state index contributed by atoms with van der Waals surface area (Å²) in [5.74, 6) is -0.479. The first-order valence-electron chi connectivity index (χ1n) is 9.17. The van der Waals surface area contributed by atoms with E-state index in [0.29, 0.717) is 11.7 Å². The first-order chi connectivity index (χ1) is 13.5. The van der Waals surface area contributed by atoms with Crippen molar-refractivity contribution in [1.82, 2.24) is 20.8 Å². The van der Waals surface area contributed by atoms with E-state index in [4.69, 9.17) is 9.26 Å². The summed E-state index contributed by atoms with van der Waals surface area (Å²) >= 11 is 1.52. The standard InChI is InChI=1S/C18H22N4O5S/c1-11(17(24)21-18(25)19-13-4-2-3-5-13)26-15(23)7-6-14-20-16(22-27-14)12-8-9-28-10-12/h8-11,13H,2-7H2,1H3,(H2,19,21,24,25)/t11-/m0/s1. The molecule has 2 aromatic heterocycles.